The van der Waals surface area contributed by atoms with Crippen LogP contribution in [-0.4, -0.2) is 118 Å². The number of carbonyl (C=O) groups is 1. The molecule has 2 aliphatic rings. The number of aliphatic hydroxyl groups is 4. The Morgan fingerprint density at radius 1 is 1.17 bits per heavy atom. The van der Waals surface area contributed by atoms with Crippen LogP contribution < -0.4 is 4.74 Å². The summed E-state index contributed by atoms with van der Waals surface area (Å²) in [6, 6.07) is 4.81. The molecule has 0 radical (unpaired) electrons. The highest BCUT2D eigenvalue weighted by molar-refractivity contribution is 8.14. The van der Waals surface area contributed by atoms with Crippen LogP contribution >= 0.6 is 11.8 Å². The summed E-state index contributed by atoms with van der Waals surface area (Å²) in [7, 11) is 0. The molecule has 1 saturated heterocycles. The molecule has 3 rings (SSSR count). The van der Waals surface area contributed by atoms with Crippen LogP contribution in [0.3, 0.4) is 0 Å². The van der Waals surface area contributed by atoms with Gasteiger partial charge in [0.1, 0.15) is 47.6 Å². The molecule has 6 atom stereocenters. The van der Waals surface area contributed by atoms with Gasteiger partial charge in [-0.05, 0) is 26.0 Å². The number of rotatable bonds is 12. The molecule has 3 unspecified atom stereocenters. The summed E-state index contributed by atoms with van der Waals surface area (Å²) in [5.74, 6) is 0.427. The standard InChI is InChI=1S/C23H33NO11S/c1-3-32-22(30)23(2)12-36-20(24-23)14-5-4-13(10-15(14)26)33-8-6-31-7-9-34-21-19(29)18(28)17(27)16(11-25)35-21/h4-5,10,16-19,21,25-29H,3,6-9,11-12H2,1-2H3/t16?,17-,18?,19?,21-,23-/m1/s1. The molecule has 0 spiro atoms. The number of phenols is 1. The number of aliphatic imine (C=N–C) groups is 1. The van der Waals surface area contributed by atoms with Crippen molar-refractivity contribution in [3.63, 3.8) is 0 Å². The predicted molar refractivity (Wildman–Crippen MR) is 128 cm³/mol. The number of carbonyl (C=O) groups excluding carboxylic acids is 1. The minimum Gasteiger partial charge on any atom is -0.507 e. The Balaban J connectivity index is 1.39. The molecule has 2 aliphatic heterocycles. The number of esters is 1. The van der Waals surface area contributed by atoms with E-state index in [2.05, 4.69) is 4.99 Å². The van der Waals surface area contributed by atoms with Crippen molar-refractivity contribution in [1.29, 1.82) is 0 Å². The maximum Gasteiger partial charge on any atom is 0.334 e. The summed E-state index contributed by atoms with van der Waals surface area (Å²) < 4.78 is 26.7. The number of aromatic hydroxyl groups is 1. The summed E-state index contributed by atoms with van der Waals surface area (Å²) in [4.78, 5) is 16.6. The van der Waals surface area contributed by atoms with Gasteiger partial charge >= 0.3 is 5.97 Å². The molecule has 1 aromatic rings. The molecule has 1 fully saturated rings. The van der Waals surface area contributed by atoms with E-state index >= 15 is 0 Å². The highest BCUT2D eigenvalue weighted by Gasteiger charge is 2.44. The van der Waals surface area contributed by atoms with Crippen LogP contribution in [0.2, 0.25) is 0 Å². The second-order valence-electron chi connectivity index (χ2n) is 8.41. The van der Waals surface area contributed by atoms with Gasteiger partial charge in [0.05, 0.1) is 33.0 Å². The van der Waals surface area contributed by atoms with E-state index in [0.29, 0.717) is 22.1 Å². The van der Waals surface area contributed by atoms with Gasteiger partial charge in [0.2, 0.25) is 0 Å². The third-order valence-corrected chi connectivity index (χ3v) is 6.90. The van der Waals surface area contributed by atoms with Gasteiger partial charge in [-0.15, -0.1) is 11.8 Å². The highest BCUT2D eigenvalue weighted by atomic mass is 32.2. The molecule has 1 aromatic carbocycles. The Hall–Kier alpha value is -1.97. The fraction of sp³-hybridized carbons (Fsp3) is 0.652. The molecule has 0 saturated carbocycles. The predicted octanol–water partition coefficient (Wildman–Crippen LogP) is -0.581. The van der Waals surface area contributed by atoms with E-state index in [9.17, 15) is 30.3 Å². The van der Waals surface area contributed by atoms with Crippen LogP contribution in [0, 0.1) is 0 Å². The topological polar surface area (TPSA) is 177 Å². The summed E-state index contributed by atoms with van der Waals surface area (Å²) in [5.41, 5.74) is -0.483. The van der Waals surface area contributed by atoms with Crippen LogP contribution in [0.25, 0.3) is 0 Å². The molecular formula is C23H33NO11S. The lowest BCUT2D eigenvalue weighted by Gasteiger charge is -2.39. The van der Waals surface area contributed by atoms with E-state index in [1.54, 1.807) is 26.0 Å². The zero-order chi connectivity index (χ0) is 26.3. The number of aliphatic hydroxyl groups excluding tert-OH is 4. The molecule has 36 heavy (non-hydrogen) atoms. The zero-order valence-electron chi connectivity index (χ0n) is 20.1. The first-order valence-corrected chi connectivity index (χ1v) is 12.5. The van der Waals surface area contributed by atoms with Crippen LogP contribution in [-0.2, 0) is 23.7 Å². The first-order valence-electron chi connectivity index (χ1n) is 11.6. The Morgan fingerprint density at radius 3 is 2.61 bits per heavy atom. The van der Waals surface area contributed by atoms with Gasteiger partial charge in [0.25, 0.3) is 0 Å². The lowest BCUT2D eigenvalue weighted by atomic mass is 9.99. The monoisotopic (exact) mass is 531 g/mol. The molecule has 0 bridgehead atoms. The van der Waals surface area contributed by atoms with Crippen LogP contribution in [0.1, 0.15) is 19.4 Å². The molecule has 202 valence electrons. The first kappa shape index (κ1) is 28.6. The summed E-state index contributed by atoms with van der Waals surface area (Å²) in [5, 5.41) is 49.6. The third-order valence-electron chi connectivity index (χ3n) is 5.61. The molecule has 13 heteroatoms. The third kappa shape index (κ3) is 6.86. The van der Waals surface area contributed by atoms with Crippen molar-refractivity contribution in [1.82, 2.24) is 0 Å². The SMILES string of the molecule is CCOC(=O)[C@@]1(C)CSC(c2ccc(OCCOCCO[C@@H]3OC(CO)[C@@H](O)C(O)C3O)cc2O)=N1. The summed E-state index contributed by atoms with van der Waals surface area (Å²) >= 11 is 1.37. The van der Waals surface area contributed by atoms with Crippen molar-refractivity contribution < 1.29 is 54.0 Å². The fourth-order valence-electron chi connectivity index (χ4n) is 3.56. The van der Waals surface area contributed by atoms with Gasteiger partial charge in [0, 0.05) is 17.4 Å². The largest absolute Gasteiger partial charge is 0.507 e. The van der Waals surface area contributed by atoms with Crippen molar-refractivity contribution in [3.05, 3.63) is 23.8 Å². The smallest absolute Gasteiger partial charge is 0.334 e. The maximum atomic E-state index is 12.2. The van der Waals surface area contributed by atoms with Gasteiger partial charge in [-0.1, -0.05) is 0 Å². The van der Waals surface area contributed by atoms with Crippen molar-refractivity contribution in [2.24, 2.45) is 4.99 Å². The first-order chi connectivity index (χ1) is 17.2. The average Bonchev–Trinajstić information content (AvgIpc) is 3.26. The Labute approximate surface area is 212 Å². The van der Waals surface area contributed by atoms with Crippen molar-refractivity contribution in [3.8, 4) is 11.5 Å². The minimum atomic E-state index is -1.50. The Morgan fingerprint density at radius 2 is 1.92 bits per heavy atom. The van der Waals surface area contributed by atoms with Gasteiger partial charge in [-0.25, -0.2) is 4.79 Å². The van der Waals surface area contributed by atoms with Gasteiger partial charge in [-0.2, -0.15) is 0 Å². The van der Waals surface area contributed by atoms with Crippen molar-refractivity contribution in [2.75, 3.05) is 45.4 Å². The van der Waals surface area contributed by atoms with Crippen LogP contribution in [0.4, 0.5) is 0 Å². The molecular weight excluding hydrogens is 498 g/mol. The van der Waals surface area contributed by atoms with Crippen LogP contribution in [0.15, 0.2) is 23.2 Å². The summed E-state index contributed by atoms with van der Waals surface area (Å²) in [6.07, 6.45) is -6.65. The van der Waals surface area contributed by atoms with Gasteiger partial charge < -0.3 is 49.2 Å². The van der Waals surface area contributed by atoms with Crippen molar-refractivity contribution in [2.45, 2.75) is 50.1 Å². The number of hydrogen-bond acceptors (Lipinski definition) is 13. The number of hydrogen-bond donors (Lipinski definition) is 5. The van der Waals surface area contributed by atoms with Gasteiger partial charge in [-0.3, -0.25) is 4.99 Å². The Kier molecular flexibility index (Phi) is 10.3. The number of thioether (sulfide) groups is 1. The number of benzene rings is 1. The van der Waals surface area contributed by atoms with E-state index < -0.39 is 48.8 Å². The lowest BCUT2D eigenvalue weighted by Crippen LogP contribution is -2.59. The minimum absolute atomic E-state index is 0.0271. The van der Waals surface area contributed by atoms with Crippen molar-refractivity contribution >= 4 is 22.8 Å². The number of phenolic OH excluding ortho intramolecular Hbond substituents is 1. The van der Waals surface area contributed by atoms with E-state index in [1.165, 1.54) is 17.8 Å². The second kappa shape index (κ2) is 13.0. The van der Waals surface area contributed by atoms with Crippen LogP contribution in [0.5, 0.6) is 11.5 Å². The quantitative estimate of drug-likeness (QED) is 0.172. The molecule has 0 aliphatic carbocycles. The van der Waals surface area contributed by atoms with E-state index in [-0.39, 0.29) is 38.8 Å². The average molecular weight is 532 g/mol. The van der Waals surface area contributed by atoms with E-state index in [4.69, 9.17) is 23.7 Å². The Bertz CT molecular complexity index is 914. The zero-order valence-corrected chi connectivity index (χ0v) is 20.9. The summed E-state index contributed by atoms with van der Waals surface area (Å²) in [6.45, 7) is 3.75. The maximum absolute atomic E-state index is 12.2. The molecule has 12 nitrogen and oxygen atoms in total. The molecule has 0 amide bonds. The fourth-order valence-corrected chi connectivity index (χ4v) is 4.75. The molecule has 2 heterocycles. The lowest BCUT2D eigenvalue weighted by molar-refractivity contribution is -0.302. The molecule has 0 aromatic heterocycles. The van der Waals surface area contributed by atoms with E-state index in [0.717, 1.165) is 0 Å². The number of ether oxygens (including phenoxy) is 5. The normalized spacial score (nSPS) is 30.2. The highest BCUT2D eigenvalue weighted by Crippen LogP contribution is 2.36. The molecule has 5 N–H and O–H groups in total. The second-order valence-corrected chi connectivity index (χ2v) is 9.37. The van der Waals surface area contributed by atoms with Gasteiger partial charge in [0.15, 0.2) is 11.8 Å². The van der Waals surface area contributed by atoms with E-state index in [1.807, 2.05) is 0 Å². The number of nitrogens with zero attached hydrogens (tertiary/aromatic N) is 1.